The number of pyridine rings is 3. The molecule has 1 aromatic carbocycles. The van der Waals surface area contributed by atoms with E-state index < -0.39 is 0 Å². The quantitative estimate of drug-likeness (QED) is 0.336. The highest BCUT2D eigenvalue weighted by atomic mass is 35.5. The van der Waals surface area contributed by atoms with Crippen molar-refractivity contribution in [3.8, 4) is 11.4 Å². The lowest BCUT2D eigenvalue weighted by atomic mass is 10.1. The minimum atomic E-state index is -0.378. The summed E-state index contributed by atoms with van der Waals surface area (Å²) in [6, 6.07) is 13.2. The summed E-state index contributed by atoms with van der Waals surface area (Å²) in [5, 5.41) is 4.09. The molecule has 1 saturated heterocycles. The molecule has 5 rings (SSSR count). The van der Waals surface area contributed by atoms with Crippen molar-refractivity contribution < 1.29 is 13.9 Å². The fourth-order valence-corrected chi connectivity index (χ4v) is 5.01. The fourth-order valence-electron chi connectivity index (χ4n) is 4.42. The van der Waals surface area contributed by atoms with Gasteiger partial charge in [0.05, 0.1) is 41.4 Å². The first-order chi connectivity index (χ1) is 17.7. The van der Waals surface area contributed by atoms with Gasteiger partial charge in [0.25, 0.3) is 5.91 Å². The number of amides is 1. The van der Waals surface area contributed by atoms with E-state index in [2.05, 4.69) is 22.9 Å². The third-order valence-corrected chi connectivity index (χ3v) is 6.46. The first-order valence-electron chi connectivity index (χ1n) is 11.9. The maximum Gasteiger partial charge on any atom is 0.251 e. The highest BCUT2D eigenvalue weighted by molar-refractivity contribution is 7.80. The van der Waals surface area contributed by atoms with Gasteiger partial charge in [-0.3, -0.25) is 9.78 Å². The van der Waals surface area contributed by atoms with Crippen molar-refractivity contribution in [3.63, 3.8) is 0 Å². The summed E-state index contributed by atoms with van der Waals surface area (Å²) in [6.07, 6.45) is 1.75. The molecule has 0 aliphatic carbocycles. The summed E-state index contributed by atoms with van der Waals surface area (Å²) >= 11 is 10.3. The Morgan fingerprint density at radius 2 is 1.89 bits per heavy atom. The molecular formula is C27H25ClFN5O2S. The van der Waals surface area contributed by atoms with Crippen LogP contribution in [0.2, 0.25) is 5.02 Å². The van der Waals surface area contributed by atoms with E-state index in [1.807, 2.05) is 24.8 Å². The smallest absolute Gasteiger partial charge is 0.251 e. The first-order valence-corrected chi connectivity index (χ1v) is 12.7. The van der Waals surface area contributed by atoms with Gasteiger partial charge in [-0.15, -0.1) is 12.6 Å². The molecule has 1 amide bonds. The molecule has 4 aromatic rings. The molecule has 1 aliphatic heterocycles. The number of fused-ring (bicyclic) bond motifs is 1. The van der Waals surface area contributed by atoms with Gasteiger partial charge in [-0.2, -0.15) is 0 Å². The van der Waals surface area contributed by atoms with Gasteiger partial charge < -0.3 is 15.0 Å². The van der Waals surface area contributed by atoms with Crippen LogP contribution >= 0.6 is 24.2 Å². The number of benzene rings is 1. The summed E-state index contributed by atoms with van der Waals surface area (Å²) in [6.45, 7) is 5.46. The molecule has 2 atom stereocenters. The summed E-state index contributed by atoms with van der Waals surface area (Å²) in [7, 11) is 0. The molecule has 0 radical (unpaired) electrons. The summed E-state index contributed by atoms with van der Waals surface area (Å²) in [5.41, 5.74) is 2.69. The maximum atomic E-state index is 14.6. The Hall–Kier alpha value is -3.27. The normalized spacial score (nSPS) is 17.7. The molecule has 1 aliphatic rings. The molecule has 7 nitrogen and oxygen atoms in total. The number of carbonyl (C=O) groups is 1. The van der Waals surface area contributed by atoms with Gasteiger partial charge in [-0.05, 0) is 50.2 Å². The lowest BCUT2D eigenvalue weighted by Crippen LogP contribution is -2.45. The van der Waals surface area contributed by atoms with Gasteiger partial charge in [0.1, 0.15) is 11.6 Å². The van der Waals surface area contributed by atoms with Crippen LogP contribution in [0, 0.1) is 5.82 Å². The summed E-state index contributed by atoms with van der Waals surface area (Å²) < 4.78 is 20.4. The zero-order valence-corrected chi connectivity index (χ0v) is 21.9. The molecule has 0 saturated carbocycles. The monoisotopic (exact) mass is 537 g/mol. The van der Waals surface area contributed by atoms with Crippen molar-refractivity contribution in [3.05, 3.63) is 76.8 Å². The number of hydrogen-bond acceptors (Lipinski definition) is 7. The van der Waals surface area contributed by atoms with Crippen LogP contribution < -0.4 is 10.2 Å². The van der Waals surface area contributed by atoms with E-state index in [-0.39, 0.29) is 30.5 Å². The van der Waals surface area contributed by atoms with Gasteiger partial charge in [-0.25, -0.2) is 14.4 Å². The molecule has 4 heterocycles. The Morgan fingerprint density at radius 1 is 1.11 bits per heavy atom. The van der Waals surface area contributed by atoms with Gasteiger partial charge in [0.2, 0.25) is 0 Å². The van der Waals surface area contributed by atoms with E-state index >= 15 is 0 Å². The Labute approximate surface area is 224 Å². The lowest BCUT2D eigenvalue weighted by Gasteiger charge is -2.36. The van der Waals surface area contributed by atoms with Crippen LogP contribution in [-0.4, -0.2) is 46.2 Å². The van der Waals surface area contributed by atoms with E-state index in [4.69, 9.17) is 26.3 Å². The fraction of sp³-hybridized carbons (Fsp3) is 0.259. The van der Waals surface area contributed by atoms with Crippen molar-refractivity contribution in [1.82, 2.24) is 20.3 Å². The molecule has 37 heavy (non-hydrogen) atoms. The van der Waals surface area contributed by atoms with Gasteiger partial charge in [-0.1, -0.05) is 11.6 Å². The molecule has 0 spiro atoms. The average molecular weight is 538 g/mol. The lowest BCUT2D eigenvalue weighted by molar-refractivity contribution is -0.00547. The highest BCUT2D eigenvalue weighted by Crippen LogP contribution is 2.26. The number of nitrogens with one attached hydrogen (secondary N) is 1. The Bertz CT molecular complexity index is 1460. The number of ether oxygens (including phenoxy) is 1. The third kappa shape index (κ3) is 6.01. The number of thiol groups is 1. The van der Waals surface area contributed by atoms with Crippen molar-refractivity contribution in [1.29, 1.82) is 0 Å². The second kappa shape index (κ2) is 10.6. The standard InChI is InChI=1S/C27H25ClFN5O2S/c1-15-13-34(14-16(2)36-15)26-9-20(29)8-25(33-26)23-4-3-17-11-30-21(10-24(17)32-23)12-31-27(35)18-5-19(28)7-22(37)6-18/h3-11,15-16,37H,12-14H2,1-2H3,(H,31,35). The van der Waals surface area contributed by atoms with Crippen LogP contribution in [0.25, 0.3) is 22.3 Å². The summed E-state index contributed by atoms with van der Waals surface area (Å²) in [5.74, 6) is -0.107. The van der Waals surface area contributed by atoms with Crippen molar-refractivity contribution >= 4 is 46.9 Å². The molecule has 0 bridgehead atoms. The van der Waals surface area contributed by atoms with E-state index in [0.717, 1.165) is 5.39 Å². The topological polar surface area (TPSA) is 80.2 Å². The van der Waals surface area contributed by atoms with Crippen LogP contribution in [0.4, 0.5) is 10.2 Å². The number of carbonyl (C=O) groups excluding carboxylic acids is 1. The number of rotatable bonds is 5. The number of anilines is 1. The van der Waals surface area contributed by atoms with Gasteiger partial charge in [0, 0.05) is 52.3 Å². The van der Waals surface area contributed by atoms with E-state index in [9.17, 15) is 9.18 Å². The Balaban J connectivity index is 1.38. The van der Waals surface area contributed by atoms with E-state index in [1.165, 1.54) is 12.1 Å². The second-order valence-electron chi connectivity index (χ2n) is 9.14. The molecule has 10 heteroatoms. The number of aromatic nitrogens is 3. The van der Waals surface area contributed by atoms with Gasteiger partial charge >= 0.3 is 0 Å². The van der Waals surface area contributed by atoms with Gasteiger partial charge in [0.15, 0.2) is 0 Å². The van der Waals surface area contributed by atoms with Crippen LogP contribution in [0.15, 0.2) is 59.6 Å². The minimum absolute atomic E-state index is 0.0290. The minimum Gasteiger partial charge on any atom is -0.372 e. The van der Waals surface area contributed by atoms with Crippen molar-refractivity contribution in [2.45, 2.75) is 37.5 Å². The van der Waals surface area contributed by atoms with Crippen LogP contribution in [0.3, 0.4) is 0 Å². The van der Waals surface area contributed by atoms with E-state index in [0.29, 0.717) is 57.0 Å². The van der Waals surface area contributed by atoms with Crippen LogP contribution in [-0.2, 0) is 11.3 Å². The third-order valence-electron chi connectivity index (χ3n) is 5.99. The van der Waals surface area contributed by atoms with Crippen LogP contribution in [0.5, 0.6) is 0 Å². The average Bonchev–Trinajstić information content (AvgIpc) is 2.85. The highest BCUT2D eigenvalue weighted by Gasteiger charge is 2.24. The first kappa shape index (κ1) is 25.4. The van der Waals surface area contributed by atoms with Crippen LogP contribution in [0.1, 0.15) is 29.9 Å². The number of hydrogen-bond donors (Lipinski definition) is 2. The number of morpholine rings is 1. The number of halogens is 2. The second-order valence-corrected chi connectivity index (χ2v) is 10.1. The number of nitrogens with zero attached hydrogens (tertiary/aromatic N) is 4. The summed E-state index contributed by atoms with van der Waals surface area (Å²) in [4.78, 5) is 29.0. The molecule has 190 valence electrons. The van der Waals surface area contributed by atoms with E-state index in [1.54, 1.807) is 36.5 Å². The Kier molecular flexibility index (Phi) is 7.28. The molecule has 1 fully saturated rings. The predicted molar refractivity (Wildman–Crippen MR) is 145 cm³/mol. The molecule has 2 unspecified atom stereocenters. The van der Waals surface area contributed by atoms with Crippen molar-refractivity contribution in [2.75, 3.05) is 18.0 Å². The largest absolute Gasteiger partial charge is 0.372 e. The molecule has 1 N–H and O–H groups in total. The SMILES string of the molecule is CC1CN(c2cc(F)cc(-c3ccc4cnc(CNC(=O)c5cc(S)cc(Cl)c5)cc4n3)n2)CC(C)O1. The molecular weight excluding hydrogens is 513 g/mol. The zero-order valence-electron chi connectivity index (χ0n) is 20.3. The molecule has 3 aromatic heterocycles. The predicted octanol–water partition coefficient (Wildman–Crippen LogP) is 5.32. The maximum absolute atomic E-state index is 14.6. The van der Waals surface area contributed by atoms with Crippen molar-refractivity contribution in [2.24, 2.45) is 0 Å². The Morgan fingerprint density at radius 3 is 2.65 bits per heavy atom. The zero-order chi connectivity index (χ0) is 26.1.